The summed E-state index contributed by atoms with van der Waals surface area (Å²) >= 11 is 0. The number of hydrogen-bond donors (Lipinski definition) is 2. The second kappa shape index (κ2) is 12.1. The molecule has 0 radical (unpaired) electrons. The molecule has 1 aromatic heterocycles. The summed E-state index contributed by atoms with van der Waals surface area (Å²) < 4.78 is 10.0. The van der Waals surface area contributed by atoms with Crippen molar-refractivity contribution in [3.8, 4) is 0 Å². The monoisotopic (exact) mass is 493 g/mol. The first-order valence-corrected chi connectivity index (χ1v) is 10.9. The van der Waals surface area contributed by atoms with E-state index in [2.05, 4.69) is 10.6 Å². The molecule has 1 heterocycles. The summed E-state index contributed by atoms with van der Waals surface area (Å²) in [5.41, 5.74) is 1.45. The number of aryl methyl sites for hydroxylation is 1. The lowest BCUT2D eigenvalue weighted by Crippen LogP contribution is -2.21. The van der Waals surface area contributed by atoms with E-state index >= 15 is 0 Å². The van der Waals surface area contributed by atoms with Gasteiger partial charge in [0, 0.05) is 19.0 Å². The van der Waals surface area contributed by atoms with Gasteiger partial charge in [-0.1, -0.05) is 36.4 Å². The van der Waals surface area contributed by atoms with Gasteiger partial charge < -0.3 is 19.8 Å². The fourth-order valence-electron chi connectivity index (χ4n) is 3.21. The Morgan fingerprint density at radius 3 is 2.39 bits per heavy atom. The molecule has 11 heteroatoms. The number of carbonyl (C=O) groups excluding carboxylic acids is 4. The summed E-state index contributed by atoms with van der Waals surface area (Å²) in [7, 11) is 0. The predicted octanol–water partition coefficient (Wildman–Crippen LogP) is 3.55. The van der Waals surface area contributed by atoms with Crippen molar-refractivity contribution in [1.82, 2.24) is 5.32 Å². The molecule has 3 rings (SSSR count). The molecule has 0 aliphatic rings. The number of hydrogen-bond acceptors (Lipinski definition) is 8. The first-order valence-electron chi connectivity index (χ1n) is 10.9. The van der Waals surface area contributed by atoms with Crippen molar-refractivity contribution in [2.45, 2.75) is 19.8 Å². The highest BCUT2D eigenvalue weighted by Crippen LogP contribution is 2.20. The molecule has 3 aromatic rings. The Morgan fingerprint density at radius 1 is 1.00 bits per heavy atom. The molecule has 186 valence electrons. The van der Waals surface area contributed by atoms with Crippen LogP contribution in [-0.4, -0.2) is 41.6 Å². The lowest BCUT2D eigenvalue weighted by molar-refractivity contribution is -0.402. The summed E-state index contributed by atoms with van der Waals surface area (Å²) in [4.78, 5) is 58.3. The van der Waals surface area contributed by atoms with E-state index in [9.17, 15) is 29.3 Å². The molecule has 2 aromatic carbocycles. The van der Waals surface area contributed by atoms with Gasteiger partial charge in [-0.25, -0.2) is 4.79 Å². The molecule has 0 saturated heterocycles. The van der Waals surface area contributed by atoms with Gasteiger partial charge in [0.1, 0.15) is 4.92 Å². The smallest absolute Gasteiger partial charge is 0.433 e. The van der Waals surface area contributed by atoms with Gasteiger partial charge in [-0.3, -0.25) is 24.5 Å². The van der Waals surface area contributed by atoms with E-state index in [1.54, 1.807) is 36.4 Å². The van der Waals surface area contributed by atoms with Crippen LogP contribution in [0.15, 0.2) is 65.1 Å². The van der Waals surface area contributed by atoms with Crippen molar-refractivity contribution in [3.63, 3.8) is 0 Å². The van der Waals surface area contributed by atoms with Gasteiger partial charge in [-0.05, 0) is 36.6 Å². The Morgan fingerprint density at radius 2 is 1.72 bits per heavy atom. The van der Waals surface area contributed by atoms with E-state index in [4.69, 9.17) is 9.15 Å². The topological polar surface area (TPSA) is 158 Å². The Labute approximate surface area is 205 Å². The highest BCUT2D eigenvalue weighted by molar-refractivity contribution is 6.07. The van der Waals surface area contributed by atoms with E-state index in [-0.39, 0.29) is 22.9 Å². The number of nitrogens with one attached hydrogen (secondary N) is 2. The molecule has 11 nitrogen and oxygen atoms in total. The van der Waals surface area contributed by atoms with Crippen molar-refractivity contribution in [2.24, 2.45) is 0 Å². The van der Waals surface area contributed by atoms with E-state index in [1.807, 2.05) is 0 Å². The zero-order valence-corrected chi connectivity index (χ0v) is 19.3. The molecule has 0 spiro atoms. The van der Waals surface area contributed by atoms with Gasteiger partial charge in [0.05, 0.1) is 17.3 Å². The van der Waals surface area contributed by atoms with Gasteiger partial charge in [0.25, 0.3) is 5.91 Å². The van der Waals surface area contributed by atoms with Gasteiger partial charge in [-0.2, -0.15) is 0 Å². The molecule has 2 amide bonds. The molecule has 0 aliphatic heterocycles. The van der Waals surface area contributed by atoms with Crippen LogP contribution in [0.2, 0.25) is 0 Å². The number of benzene rings is 2. The fraction of sp³-hybridized carbons (Fsp3) is 0.200. The molecule has 2 N–H and O–H groups in total. The predicted molar refractivity (Wildman–Crippen MR) is 128 cm³/mol. The van der Waals surface area contributed by atoms with Crippen LogP contribution in [0.5, 0.6) is 0 Å². The molecule has 0 atom stereocenters. The third kappa shape index (κ3) is 7.10. The van der Waals surface area contributed by atoms with Crippen molar-refractivity contribution >= 4 is 35.1 Å². The number of nitro groups is 1. The van der Waals surface area contributed by atoms with E-state index in [0.717, 1.165) is 30.5 Å². The number of para-hydroxylation sites is 1. The largest absolute Gasteiger partial charge is 0.454 e. The number of amides is 2. The maximum atomic E-state index is 12.6. The zero-order chi connectivity index (χ0) is 26.1. The molecule has 0 bridgehead atoms. The molecule has 0 aliphatic carbocycles. The highest BCUT2D eigenvalue weighted by Gasteiger charge is 2.20. The molecule has 0 saturated carbocycles. The number of Topliss-reactive ketones (excluding diaryl/α,β-unsaturated/α-hetero) is 1. The number of furan rings is 1. The summed E-state index contributed by atoms with van der Waals surface area (Å²) in [6, 6.07) is 15.0. The lowest BCUT2D eigenvalue weighted by atomic mass is 10.1. The van der Waals surface area contributed by atoms with Crippen LogP contribution in [0.1, 0.15) is 50.2 Å². The summed E-state index contributed by atoms with van der Waals surface area (Å²) in [5, 5.41) is 15.9. The van der Waals surface area contributed by atoms with Crippen molar-refractivity contribution in [2.75, 3.05) is 18.5 Å². The Bertz CT molecular complexity index is 1280. The maximum Gasteiger partial charge on any atom is 0.433 e. The average molecular weight is 493 g/mol. The van der Waals surface area contributed by atoms with Crippen LogP contribution in [0, 0.1) is 10.1 Å². The third-order valence-corrected chi connectivity index (χ3v) is 5.02. The van der Waals surface area contributed by atoms with Crippen LogP contribution in [0.25, 0.3) is 0 Å². The second-order valence-electron chi connectivity index (χ2n) is 7.68. The van der Waals surface area contributed by atoms with Crippen molar-refractivity contribution in [3.05, 3.63) is 93.2 Å². The molecular formula is C25H23N3O8. The lowest BCUT2D eigenvalue weighted by Gasteiger charge is -2.10. The van der Waals surface area contributed by atoms with Gasteiger partial charge >= 0.3 is 11.9 Å². The molecular weight excluding hydrogens is 470 g/mol. The molecule has 0 fully saturated rings. The number of nitrogens with zero attached hydrogens (tertiary/aromatic N) is 1. The summed E-state index contributed by atoms with van der Waals surface area (Å²) in [6.45, 7) is 1.52. The van der Waals surface area contributed by atoms with Gasteiger partial charge in [-0.15, -0.1) is 0 Å². The molecule has 36 heavy (non-hydrogen) atoms. The van der Waals surface area contributed by atoms with Gasteiger partial charge in [0.2, 0.25) is 5.91 Å². The van der Waals surface area contributed by atoms with Crippen LogP contribution < -0.4 is 10.6 Å². The zero-order valence-electron chi connectivity index (χ0n) is 19.3. The van der Waals surface area contributed by atoms with Gasteiger partial charge in [0.15, 0.2) is 18.2 Å². The summed E-state index contributed by atoms with van der Waals surface area (Å²) in [5.74, 6) is -3.02. The minimum Gasteiger partial charge on any atom is -0.454 e. The van der Waals surface area contributed by atoms with Crippen LogP contribution in [0.4, 0.5) is 11.6 Å². The van der Waals surface area contributed by atoms with Crippen LogP contribution in [0.3, 0.4) is 0 Å². The Kier molecular flexibility index (Phi) is 8.65. The normalized spacial score (nSPS) is 10.4. The Balaban J connectivity index is 1.56. The fourth-order valence-corrected chi connectivity index (χ4v) is 3.21. The van der Waals surface area contributed by atoms with E-state index < -0.39 is 35.1 Å². The maximum absolute atomic E-state index is 12.6. The quantitative estimate of drug-likeness (QED) is 0.135. The van der Waals surface area contributed by atoms with E-state index in [0.29, 0.717) is 12.1 Å². The number of carbonyl (C=O) groups is 4. The summed E-state index contributed by atoms with van der Waals surface area (Å²) in [6.07, 6.45) is 1.49. The third-order valence-electron chi connectivity index (χ3n) is 5.02. The number of ether oxygens (including phenoxy) is 1. The SMILES string of the molecule is CC(=O)NCCCc1ccc(C(=O)COC(=O)c2ccccc2NC(=O)c2ccc([N+](=O)[O-])o2)cc1. The minimum atomic E-state index is -0.834. The number of rotatable bonds is 11. The van der Waals surface area contributed by atoms with Crippen molar-refractivity contribution in [1.29, 1.82) is 0 Å². The van der Waals surface area contributed by atoms with Crippen LogP contribution >= 0.6 is 0 Å². The first kappa shape index (κ1) is 25.8. The van der Waals surface area contributed by atoms with Crippen molar-refractivity contribution < 1.29 is 33.3 Å². The minimum absolute atomic E-state index is 0.00535. The van der Waals surface area contributed by atoms with Crippen LogP contribution in [-0.2, 0) is 16.0 Å². The molecule has 0 unspecified atom stereocenters. The number of esters is 1. The first-order chi connectivity index (χ1) is 17.2. The average Bonchev–Trinajstić information content (AvgIpc) is 3.37. The number of anilines is 1. The van der Waals surface area contributed by atoms with E-state index in [1.165, 1.54) is 19.1 Å². The number of ketones is 1. The highest BCUT2D eigenvalue weighted by atomic mass is 16.6. The Hall–Kier alpha value is -4.80. The standard InChI is InChI=1S/C25H23N3O8/c1-16(29)26-14-4-5-17-8-10-18(11-9-17)21(30)15-35-25(32)19-6-2-3-7-20(19)27-24(31)22-12-13-23(36-22)28(33)34/h2-3,6-13H,4-5,14-15H2,1H3,(H,26,29)(H,27,31). The second-order valence-corrected chi connectivity index (χ2v) is 7.68.